The van der Waals surface area contributed by atoms with Gasteiger partial charge in [-0.15, -0.1) is 0 Å². The molecule has 1 aromatic carbocycles. The monoisotopic (exact) mass is 331 g/mol. The Kier molecular flexibility index (Phi) is 4.82. The Bertz CT molecular complexity index is 721. The summed E-state index contributed by atoms with van der Waals surface area (Å²) >= 11 is 11.5. The molecule has 1 heterocycles. The second-order valence-corrected chi connectivity index (χ2v) is 5.14. The minimum absolute atomic E-state index is 0.0104. The smallest absolute Gasteiger partial charge is 0.287 e. The average Bonchev–Trinajstić information content (AvgIpc) is 2.47. The summed E-state index contributed by atoms with van der Waals surface area (Å²) in [5.41, 5.74) is 0.256. The van der Waals surface area contributed by atoms with Gasteiger partial charge in [0.2, 0.25) is 0 Å². The highest BCUT2D eigenvalue weighted by atomic mass is 35.5. The van der Waals surface area contributed by atoms with Crippen LogP contribution in [0.1, 0.15) is 11.6 Å². The van der Waals surface area contributed by atoms with Crippen LogP contribution in [0.5, 0.6) is 0 Å². The van der Waals surface area contributed by atoms with Crippen molar-refractivity contribution in [2.75, 3.05) is 11.9 Å². The molecule has 0 spiro atoms. The van der Waals surface area contributed by atoms with Crippen LogP contribution >= 0.6 is 23.2 Å². The van der Waals surface area contributed by atoms with Crippen LogP contribution in [0.25, 0.3) is 0 Å². The largest absolute Gasteiger partial charge is 0.394 e. The van der Waals surface area contributed by atoms with Crippen LogP contribution < -0.4 is 10.9 Å². The Labute approximate surface area is 129 Å². The quantitative estimate of drug-likeness (QED) is 0.902. The van der Waals surface area contributed by atoms with Crippen LogP contribution in [0.3, 0.4) is 0 Å². The molecule has 112 valence electrons. The molecule has 0 fully saturated rings. The topological polar surface area (TPSA) is 67.2 Å². The molecule has 1 aromatic heterocycles. The van der Waals surface area contributed by atoms with Gasteiger partial charge in [-0.3, -0.25) is 4.79 Å². The number of aromatic nitrogens is 2. The lowest BCUT2D eigenvalue weighted by molar-refractivity contribution is 0.276. The fourth-order valence-electron chi connectivity index (χ4n) is 1.76. The number of rotatable bonds is 4. The summed E-state index contributed by atoms with van der Waals surface area (Å²) in [5, 5.41) is 16.1. The Hall–Kier alpha value is -1.63. The van der Waals surface area contributed by atoms with Crippen LogP contribution in [0.2, 0.25) is 10.0 Å². The normalized spacial score (nSPS) is 12.2. The molecule has 2 aromatic rings. The van der Waals surface area contributed by atoms with Crippen molar-refractivity contribution in [1.29, 1.82) is 0 Å². The summed E-state index contributed by atoms with van der Waals surface area (Å²) in [5.74, 6) is -0.595. The first-order chi connectivity index (χ1) is 9.93. The first-order valence-corrected chi connectivity index (χ1v) is 6.73. The summed E-state index contributed by atoms with van der Waals surface area (Å²) in [6.45, 7) is -0.327. The van der Waals surface area contributed by atoms with E-state index >= 15 is 0 Å². The van der Waals surface area contributed by atoms with Crippen molar-refractivity contribution in [2.24, 2.45) is 7.05 Å². The van der Waals surface area contributed by atoms with E-state index in [1.54, 1.807) is 6.07 Å². The number of nitrogens with one attached hydrogen (secondary N) is 1. The van der Waals surface area contributed by atoms with Gasteiger partial charge in [-0.2, -0.15) is 5.10 Å². The standard InChI is InChI=1S/C13H12Cl2FN3O2/c1-19-13(21)12(15)10(5-17-19)18-11(6-20)7-2-3-8(14)9(16)4-7/h2-5,11,18,20H,6H2,1H3. The Balaban J connectivity index is 2.33. The van der Waals surface area contributed by atoms with E-state index in [2.05, 4.69) is 10.4 Å². The molecule has 1 unspecified atom stereocenters. The number of aryl methyl sites for hydroxylation is 1. The van der Waals surface area contributed by atoms with Gasteiger partial charge in [0.15, 0.2) is 0 Å². The van der Waals surface area contributed by atoms with Crippen molar-refractivity contribution in [3.8, 4) is 0 Å². The molecule has 0 aliphatic heterocycles. The lowest BCUT2D eigenvalue weighted by Crippen LogP contribution is -2.23. The average molecular weight is 332 g/mol. The Morgan fingerprint density at radius 1 is 1.48 bits per heavy atom. The van der Waals surface area contributed by atoms with Gasteiger partial charge in [0.25, 0.3) is 5.56 Å². The number of hydrogen-bond acceptors (Lipinski definition) is 4. The van der Waals surface area contributed by atoms with E-state index in [1.807, 2.05) is 0 Å². The summed E-state index contributed by atoms with van der Waals surface area (Å²) < 4.78 is 14.6. The van der Waals surface area contributed by atoms with Crippen molar-refractivity contribution in [3.05, 3.63) is 56.2 Å². The molecular formula is C13H12Cl2FN3O2. The zero-order chi connectivity index (χ0) is 15.6. The fraction of sp³-hybridized carbons (Fsp3) is 0.231. The minimum Gasteiger partial charge on any atom is -0.394 e. The van der Waals surface area contributed by atoms with Crippen LogP contribution in [-0.4, -0.2) is 21.5 Å². The van der Waals surface area contributed by atoms with Crippen LogP contribution in [-0.2, 0) is 7.05 Å². The van der Waals surface area contributed by atoms with E-state index < -0.39 is 17.4 Å². The van der Waals surface area contributed by atoms with Crippen LogP contribution in [0.4, 0.5) is 10.1 Å². The molecule has 0 radical (unpaired) electrons. The van der Waals surface area contributed by atoms with Gasteiger partial charge in [0.05, 0.1) is 29.6 Å². The molecule has 8 heteroatoms. The maximum absolute atomic E-state index is 13.5. The first kappa shape index (κ1) is 15.8. The molecule has 2 N–H and O–H groups in total. The van der Waals surface area contributed by atoms with Crippen molar-refractivity contribution in [3.63, 3.8) is 0 Å². The predicted molar refractivity (Wildman–Crippen MR) is 79.3 cm³/mol. The highest BCUT2D eigenvalue weighted by molar-refractivity contribution is 6.33. The SMILES string of the molecule is Cn1ncc(NC(CO)c2ccc(Cl)c(F)c2)c(Cl)c1=O. The van der Waals surface area contributed by atoms with Gasteiger partial charge >= 0.3 is 0 Å². The molecule has 5 nitrogen and oxygen atoms in total. The van der Waals surface area contributed by atoms with Crippen LogP contribution in [0.15, 0.2) is 29.2 Å². The lowest BCUT2D eigenvalue weighted by atomic mass is 10.1. The van der Waals surface area contributed by atoms with Gasteiger partial charge in [-0.1, -0.05) is 29.3 Å². The number of nitrogens with zero attached hydrogens (tertiary/aromatic N) is 2. The summed E-state index contributed by atoms with van der Waals surface area (Å²) in [4.78, 5) is 11.7. The molecule has 1 atom stereocenters. The number of aliphatic hydroxyl groups is 1. The third kappa shape index (κ3) is 3.34. The zero-order valence-corrected chi connectivity index (χ0v) is 12.5. The molecule has 0 bridgehead atoms. The zero-order valence-electron chi connectivity index (χ0n) is 11.0. The van der Waals surface area contributed by atoms with Crippen molar-refractivity contribution >= 4 is 28.9 Å². The third-order valence-electron chi connectivity index (χ3n) is 2.94. The molecule has 2 rings (SSSR count). The highest BCUT2D eigenvalue weighted by Crippen LogP contribution is 2.25. The molecular weight excluding hydrogens is 320 g/mol. The van der Waals surface area contributed by atoms with Gasteiger partial charge in [0.1, 0.15) is 10.8 Å². The lowest BCUT2D eigenvalue weighted by Gasteiger charge is -2.19. The second kappa shape index (κ2) is 6.43. The van der Waals surface area contributed by atoms with Gasteiger partial charge in [-0.25, -0.2) is 9.07 Å². The first-order valence-electron chi connectivity index (χ1n) is 5.98. The summed E-state index contributed by atoms with van der Waals surface area (Å²) in [6, 6.07) is 3.52. The molecule has 0 aliphatic carbocycles. The number of hydrogen-bond donors (Lipinski definition) is 2. The fourth-order valence-corrected chi connectivity index (χ4v) is 2.11. The molecule has 0 saturated carbocycles. The van der Waals surface area contributed by atoms with E-state index in [9.17, 15) is 14.3 Å². The maximum Gasteiger partial charge on any atom is 0.287 e. The third-order valence-corrected chi connectivity index (χ3v) is 3.61. The summed E-state index contributed by atoms with van der Waals surface area (Å²) in [7, 11) is 1.47. The molecule has 0 amide bonds. The number of aliphatic hydroxyl groups excluding tert-OH is 1. The van der Waals surface area contributed by atoms with Gasteiger partial charge < -0.3 is 10.4 Å². The number of anilines is 1. The molecule has 21 heavy (non-hydrogen) atoms. The molecule has 0 saturated heterocycles. The highest BCUT2D eigenvalue weighted by Gasteiger charge is 2.15. The van der Waals surface area contributed by atoms with E-state index in [0.29, 0.717) is 5.56 Å². The van der Waals surface area contributed by atoms with Gasteiger partial charge in [0, 0.05) is 7.05 Å². The number of benzene rings is 1. The predicted octanol–water partition coefficient (Wildman–Crippen LogP) is 2.37. The van der Waals surface area contributed by atoms with Crippen molar-refractivity contribution in [2.45, 2.75) is 6.04 Å². The Morgan fingerprint density at radius 2 is 2.19 bits per heavy atom. The molecule has 0 aliphatic rings. The van der Waals surface area contributed by atoms with Crippen molar-refractivity contribution < 1.29 is 9.50 Å². The maximum atomic E-state index is 13.5. The van der Waals surface area contributed by atoms with E-state index in [1.165, 1.54) is 25.4 Å². The Morgan fingerprint density at radius 3 is 2.81 bits per heavy atom. The van der Waals surface area contributed by atoms with E-state index in [4.69, 9.17) is 23.2 Å². The second-order valence-electron chi connectivity index (χ2n) is 4.35. The van der Waals surface area contributed by atoms with Gasteiger partial charge in [-0.05, 0) is 17.7 Å². The summed E-state index contributed by atoms with van der Waals surface area (Å²) in [6.07, 6.45) is 1.36. The van der Waals surface area contributed by atoms with E-state index in [0.717, 1.165) is 4.68 Å². The number of halogens is 3. The van der Waals surface area contributed by atoms with Crippen molar-refractivity contribution in [1.82, 2.24) is 9.78 Å². The van der Waals surface area contributed by atoms with Crippen LogP contribution in [0, 0.1) is 5.82 Å². The minimum atomic E-state index is -0.650. The van der Waals surface area contributed by atoms with E-state index in [-0.39, 0.29) is 22.3 Å².